The van der Waals surface area contributed by atoms with Crippen molar-refractivity contribution in [2.75, 3.05) is 10.7 Å². The predicted octanol–water partition coefficient (Wildman–Crippen LogP) is 1.48. The first-order chi connectivity index (χ1) is 9.93. The van der Waals surface area contributed by atoms with Crippen LogP contribution in [0.15, 0.2) is 6.20 Å². The Bertz CT molecular complexity index is 643. The van der Waals surface area contributed by atoms with E-state index in [4.69, 9.17) is 5.84 Å². The number of hydrogen-bond acceptors (Lipinski definition) is 6. The van der Waals surface area contributed by atoms with E-state index in [1.807, 2.05) is 20.8 Å². The third kappa shape index (κ3) is 3.00. The molecular formula is C13H19N7O. The van der Waals surface area contributed by atoms with Crippen LogP contribution in [0.3, 0.4) is 0 Å². The van der Waals surface area contributed by atoms with E-state index < -0.39 is 0 Å². The van der Waals surface area contributed by atoms with Crippen LogP contribution in [-0.4, -0.2) is 26.1 Å². The number of nitrogens with zero attached hydrogens (tertiary/aromatic N) is 3. The fourth-order valence-electron chi connectivity index (χ4n) is 1.86. The molecule has 21 heavy (non-hydrogen) atoms. The van der Waals surface area contributed by atoms with Crippen molar-refractivity contribution < 1.29 is 4.79 Å². The van der Waals surface area contributed by atoms with Gasteiger partial charge in [0, 0.05) is 5.92 Å². The Labute approximate surface area is 122 Å². The van der Waals surface area contributed by atoms with Crippen LogP contribution in [0.4, 0.5) is 11.4 Å². The van der Waals surface area contributed by atoms with Crippen molar-refractivity contribution in [3.05, 3.63) is 29.1 Å². The molecule has 0 unspecified atom stereocenters. The Balaban J connectivity index is 2.36. The summed E-state index contributed by atoms with van der Waals surface area (Å²) in [6.45, 7) is 7.55. The predicted molar refractivity (Wildman–Crippen MR) is 79.9 cm³/mol. The van der Waals surface area contributed by atoms with E-state index in [0.717, 1.165) is 5.69 Å². The van der Waals surface area contributed by atoms with Gasteiger partial charge in [-0.2, -0.15) is 5.10 Å². The minimum absolute atomic E-state index is 0.112. The molecule has 0 atom stereocenters. The van der Waals surface area contributed by atoms with E-state index in [2.05, 4.69) is 30.9 Å². The average Bonchev–Trinajstić information content (AvgIpc) is 2.78. The molecule has 0 saturated heterocycles. The molecule has 8 heteroatoms. The molecule has 5 N–H and O–H groups in total. The van der Waals surface area contributed by atoms with Crippen LogP contribution >= 0.6 is 0 Å². The Hall–Kier alpha value is -2.48. The van der Waals surface area contributed by atoms with Crippen molar-refractivity contribution >= 4 is 17.3 Å². The van der Waals surface area contributed by atoms with Crippen molar-refractivity contribution in [3.8, 4) is 0 Å². The van der Waals surface area contributed by atoms with Crippen molar-refractivity contribution in [1.82, 2.24) is 20.2 Å². The number of aryl methyl sites for hydroxylation is 2. The Morgan fingerprint density at radius 3 is 2.62 bits per heavy atom. The molecule has 1 amide bonds. The summed E-state index contributed by atoms with van der Waals surface area (Å²) >= 11 is 0. The first-order valence-electron chi connectivity index (χ1n) is 6.60. The van der Waals surface area contributed by atoms with Gasteiger partial charge < -0.3 is 10.7 Å². The maximum atomic E-state index is 12.4. The highest BCUT2D eigenvalue weighted by Gasteiger charge is 2.18. The van der Waals surface area contributed by atoms with Gasteiger partial charge in [-0.05, 0) is 13.8 Å². The number of carbonyl (C=O) groups is 1. The van der Waals surface area contributed by atoms with Crippen LogP contribution in [0.2, 0.25) is 0 Å². The number of amides is 1. The number of anilines is 2. The van der Waals surface area contributed by atoms with Gasteiger partial charge in [0.2, 0.25) is 0 Å². The Morgan fingerprint density at radius 2 is 2.10 bits per heavy atom. The largest absolute Gasteiger partial charge is 0.321 e. The van der Waals surface area contributed by atoms with Crippen LogP contribution in [0.5, 0.6) is 0 Å². The van der Waals surface area contributed by atoms with Gasteiger partial charge in [-0.3, -0.25) is 15.7 Å². The summed E-state index contributed by atoms with van der Waals surface area (Å²) in [6, 6.07) is 0. The van der Waals surface area contributed by atoms with E-state index in [1.54, 1.807) is 6.92 Å². The van der Waals surface area contributed by atoms with E-state index in [1.165, 1.54) is 6.20 Å². The summed E-state index contributed by atoms with van der Waals surface area (Å²) in [5.41, 5.74) is 5.15. The minimum atomic E-state index is -0.361. The monoisotopic (exact) mass is 289 g/mol. The van der Waals surface area contributed by atoms with E-state index >= 15 is 0 Å². The number of aromatic amines is 1. The maximum absolute atomic E-state index is 12.4. The third-order valence-corrected chi connectivity index (χ3v) is 3.06. The molecule has 0 radical (unpaired) electrons. The van der Waals surface area contributed by atoms with Gasteiger partial charge in [0.25, 0.3) is 5.91 Å². The number of hydrazine groups is 1. The lowest BCUT2D eigenvalue weighted by molar-refractivity contribution is 0.102. The summed E-state index contributed by atoms with van der Waals surface area (Å²) < 4.78 is 0. The van der Waals surface area contributed by atoms with Crippen LogP contribution in [-0.2, 0) is 0 Å². The van der Waals surface area contributed by atoms with Crippen LogP contribution in [0.25, 0.3) is 0 Å². The average molecular weight is 289 g/mol. The molecule has 0 spiro atoms. The van der Waals surface area contributed by atoms with E-state index in [9.17, 15) is 4.79 Å². The molecule has 0 aliphatic carbocycles. The lowest BCUT2D eigenvalue weighted by Gasteiger charge is -2.11. The molecular weight excluding hydrogens is 270 g/mol. The van der Waals surface area contributed by atoms with Crippen molar-refractivity contribution in [2.24, 2.45) is 5.84 Å². The van der Waals surface area contributed by atoms with Crippen molar-refractivity contribution in [1.29, 1.82) is 0 Å². The second-order valence-electron chi connectivity index (χ2n) is 5.05. The van der Waals surface area contributed by atoms with Crippen LogP contribution in [0, 0.1) is 13.8 Å². The molecule has 0 fully saturated rings. The summed E-state index contributed by atoms with van der Waals surface area (Å²) in [7, 11) is 0. The molecule has 112 valence electrons. The smallest absolute Gasteiger partial charge is 0.276 e. The molecule has 0 bridgehead atoms. The van der Waals surface area contributed by atoms with Gasteiger partial charge in [0.15, 0.2) is 5.69 Å². The zero-order valence-corrected chi connectivity index (χ0v) is 12.5. The SMILES string of the molecule is Cc1n[nH]c(C)c1NC(=O)c1nc(C(C)C)ncc1NN. The minimum Gasteiger partial charge on any atom is -0.321 e. The normalized spacial score (nSPS) is 10.8. The van der Waals surface area contributed by atoms with Gasteiger partial charge in [0.05, 0.1) is 29.0 Å². The first kappa shape index (κ1) is 14.9. The number of nitrogens with two attached hydrogens (primary N) is 1. The van der Waals surface area contributed by atoms with Gasteiger partial charge >= 0.3 is 0 Å². The van der Waals surface area contributed by atoms with Gasteiger partial charge in [-0.1, -0.05) is 13.8 Å². The number of nitrogen functional groups attached to an aromatic ring is 1. The van der Waals surface area contributed by atoms with Gasteiger partial charge in [-0.15, -0.1) is 0 Å². The molecule has 2 aromatic rings. The number of rotatable bonds is 4. The quantitative estimate of drug-likeness (QED) is 0.499. The Morgan fingerprint density at radius 1 is 1.38 bits per heavy atom. The molecule has 2 aromatic heterocycles. The lowest BCUT2D eigenvalue weighted by Crippen LogP contribution is -2.21. The number of H-pyrrole nitrogens is 1. The zero-order chi connectivity index (χ0) is 15.6. The zero-order valence-electron chi connectivity index (χ0n) is 12.5. The highest BCUT2D eigenvalue weighted by molar-refractivity contribution is 6.06. The van der Waals surface area contributed by atoms with Gasteiger partial charge in [-0.25, -0.2) is 9.97 Å². The van der Waals surface area contributed by atoms with Crippen LogP contribution < -0.4 is 16.6 Å². The molecule has 0 aliphatic heterocycles. The third-order valence-electron chi connectivity index (χ3n) is 3.06. The summed E-state index contributed by atoms with van der Waals surface area (Å²) in [5.74, 6) is 5.75. The Kier molecular flexibility index (Phi) is 4.18. The standard InChI is InChI=1S/C13H19N7O/c1-6(2)12-15-5-9(18-14)11(16-12)13(21)17-10-7(3)19-20-8(10)4/h5-6,18H,14H2,1-4H3,(H,17,21)(H,19,20). The first-order valence-corrected chi connectivity index (χ1v) is 6.60. The summed E-state index contributed by atoms with van der Waals surface area (Å²) in [5, 5.41) is 9.65. The van der Waals surface area contributed by atoms with Gasteiger partial charge in [0.1, 0.15) is 5.82 Å². The highest BCUT2D eigenvalue weighted by atomic mass is 16.1. The van der Waals surface area contributed by atoms with Crippen molar-refractivity contribution in [2.45, 2.75) is 33.6 Å². The van der Waals surface area contributed by atoms with Crippen molar-refractivity contribution in [3.63, 3.8) is 0 Å². The molecule has 0 saturated carbocycles. The fraction of sp³-hybridized carbons (Fsp3) is 0.385. The molecule has 0 aromatic carbocycles. The summed E-state index contributed by atoms with van der Waals surface area (Å²) in [4.78, 5) is 20.9. The highest BCUT2D eigenvalue weighted by Crippen LogP contribution is 2.20. The topological polar surface area (TPSA) is 122 Å². The number of carbonyl (C=O) groups excluding carboxylic acids is 1. The maximum Gasteiger partial charge on any atom is 0.276 e. The molecule has 8 nitrogen and oxygen atoms in total. The molecule has 0 aliphatic rings. The van der Waals surface area contributed by atoms with E-state index in [0.29, 0.717) is 22.9 Å². The number of aromatic nitrogens is 4. The second-order valence-corrected chi connectivity index (χ2v) is 5.05. The summed E-state index contributed by atoms with van der Waals surface area (Å²) in [6.07, 6.45) is 1.51. The fourth-order valence-corrected chi connectivity index (χ4v) is 1.86. The van der Waals surface area contributed by atoms with Crippen LogP contribution in [0.1, 0.15) is 47.5 Å². The number of hydrogen-bond donors (Lipinski definition) is 4. The van der Waals surface area contributed by atoms with E-state index in [-0.39, 0.29) is 17.5 Å². The number of nitrogens with one attached hydrogen (secondary N) is 3. The molecule has 2 heterocycles. The lowest BCUT2D eigenvalue weighted by atomic mass is 10.2. The molecule has 2 rings (SSSR count). The second kappa shape index (κ2) is 5.88.